The lowest BCUT2D eigenvalue weighted by Crippen LogP contribution is -2.38. The zero-order valence-electron chi connectivity index (χ0n) is 17.7. The molecule has 3 N–H and O–H groups in total. The Balaban J connectivity index is 1.53. The molecule has 9 nitrogen and oxygen atoms in total. The summed E-state index contributed by atoms with van der Waals surface area (Å²) in [5.74, 6) is 1.27. The van der Waals surface area contributed by atoms with Crippen molar-refractivity contribution in [3.8, 4) is 11.5 Å². The highest BCUT2D eigenvalue weighted by atomic mass is 32.2. The molecule has 32 heavy (non-hydrogen) atoms. The summed E-state index contributed by atoms with van der Waals surface area (Å²) in [6.45, 7) is 4.74. The number of hydrogen-bond acceptors (Lipinski definition) is 8. The normalized spacial score (nSPS) is 14.3. The first-order valence-electron chi connectivity index (χ1n) is 10.2. The molecule has 0 radical (unpaired) electrons. The maximum Gasteiger partial charge on any atom is 0.316 e. The number of morpholine rings is 1. The number of hydrogen-bond donors (Lipinski definition) is 2. The van der Waals surface area contributed by atoms with Gasteiger partial charge >= 0.3 is 6.03 Å². The number of ether oxygens (including phenoxy) is 3. The third-order valence-electron chi connectivity index (χ3n) is 4.97. The molecule has 1 aliphatic rings. The lowest BCUT2D eigenvalue weighted by atomic mass is 10.2. The highest BCUT2D eigenvalue weighted by molar-refractivity contribution is 7.99. The predicted octanol–water partition coefficient (Wildman–Crippen LogP) is 2.99. The average molecular weight is 456 g/mol. The molecule has 0 unspecified atom stereocenters. The Labute approximate surface area is 190 Å². The quantitative estimate of drug-likeness (QED) is 0.499. The van der Waals surface area contributed by atoms with Gasteiger partial charge in [-0.05, 0) is 24.3 Å². The zero-order chi connectivity index (χ0) is 22.3. The summed E-state index contributed by atoms with van der Waals surface area (Å²) in [4.78, 5) is 23.2. The molecule has 3 aromatic rings. The Bertz CT molecular complexity index is 1090. The van der Waals surface area contributed by atoms with Crippen molar-refractivity contribution < 1.29 is 19.0 Å². The van der Waals surface area contributed by atoms with Crippen LogP contribution in [0.1, 0.15) is 0 Å². The molecule has 2 amide bonds. The number of rotatable bonds is 8. The lowest BCUT2D eigenvalue weighted by molar-refractivity contribution is 0.0321. The number of benzene rings is 2. The summed E-state index contributed by atoms with van der Waals surface area (Å²) in [5.41, 5.74) is 6.59. The highest BCUT2D eigenvalue weighted by Crippen LogP contribution is 2.37. The standard InChI is InChI=1S/C22H25N5O4S/c1-29-19-12-17-18(13-20(19)31-10-7-27-5-8-30-9-6-27)24-14-25-21(17)32-16-4-2-3-15(11-16)26-22(23)28/h2-4,11-14H,5-10H2,1H3,(H3,23,26,28). The van der Waals surface area contributed by atoms with Gasteiger partial charge in [-0.2, -0.15) is 0 Å². The molecule has 168 valence electrons. The number of anilines is 1. The van der Waals surface area contributed by atoms with Crippen molar-refractivity contribution in [2.45, 2.75) is 9.92 Å². The van der Waals surface area contributed by atoms with Crippen LogP contribution in [0.4, 0.5) is 10.5 Å². The molecule has 1 saturated heterocycles. The summed E-state index contributed by atoms with van der Waals surface area (Å²) in [6.07, 6.45) is 1.53. The van der Waals surface area contributed by atoms with Crippen LogP contribution in [0.5, 0.6) is 11.5 Å². The number of nitrogens with one attached hydrogen (secondary N) is 1. The van der Waals surface area contributed by atoms with Crippen molar-refractivity contribution in [2.75, 3.05) is 51.9 Å². The fraction of sp³-hybridized carbons (Fsp3) is 0.318. The summed E-state index contributed by atoms with van der Waals surface area (Å²) < 4.78 is 17.0. The van der Waals surface area contributed by atoms with E-state index in [0.717, 1.165) is 53.7 Å². The van der Waals surface area contributed by atoms with Crippen LogP contribution in [0.25, 0.3) is 10.9 Å². The maximum absolute atomic E-state index is 11.1. The van der Waals surface area contributed by atoms with E-state index in [1.165, 1.54) is 18.1 Å². The van der Waals surface area contributed by atoms with Crippen molar-refractivity contribution in [3.63, 3.8) is 0 Å². The number of amides is 2. The van der Waals surface area contributed by atoms with Crippen LogP contribution in [0.2, 0.25) is 0 Å². The van der Waals surface area contributed by atoms with Gasteiger partial charge in [-0.3, -0.25) is 4.90 Å². The molecule has 2 heterocycles. The summed E-state index contributed by atoms with van der Waals surface area (Å²) in [5, 5.41) is 4.20. The number of nitrogens with two attached hydrogens (primary N) is 1. The molecule has 0 atom stereocenters. The zero-order valence-corrected chi connectivity index (χ0v) is 18.6. The van der Waals surface area contributed by atoms with Crippen molar-refractivity contribution in [3.05, 3.63) is 42.7 Å². The van der Waals surface area contributed by atoms with Crippen LogP contribution in [-0.2, 0) is 4.74 Å². The van der Waals surface area contributed by atoms with E-state index in [2.05, 4.69) is 20.2 Å². The van der Waals surface area contributed by atoms with E-state index in [4.69, 9.17) is 19.9 Å². The van der Waals surface area contributed by atoms with E-state index in [0.29, 0.717) is 23.8 Å². The molecule has 0 aliphatic carbocycles. The first-order chi connectivity index (χ1) is 15.6. The maximum atomic E-state index is 11.1. The monoisotopic (exact) mass is 455 g/mol. The van der Waals surface area contributed by atoms with Gasteiger partial charge in [0.15, 0.2) is 11.5 Å². The molecule has 0 spiro atoms. The summed E-state index contributed by atoms with van der Waals surface area (Å²) >= 11 is 1.46. The van der Waals surface area contributed by atoms with Crippen LogP contribution in [-0.4, -0.2) is 67.5 Å². The minimum Gasteiger partial charge on any atom is -0.493 e. The number of carbonyl (C=O) groups is 1. The third-order valence-corrected chi connectivity index (χ3v) is 5.98. The number of urea groups is 1. The van der Waals surface area contributed by atoms with Gasteiger partial charge in [-0.15, -0.1) is 0 Å². The molecule has 10 heteroatoms. The predicted molar refractivity (Wildman–Crippen MR) is 123 cm³/mol. The van der Waals surface area contributed by atoms with Gasteiger partial charge in [0.1, 0.15) is 18.0 Å². The van der Waals surface area contributed by atoms with Gasteiger partial charge in [-0.1, -0.05) is 17.8 Å². The fourth-order valence-corrected chi connectivity index (χ4v) is 4.32. The first kappa shape index (κ1) is 22.1. The second-order valence-electron chi connectivity index (χ2n) is 7.12. The van der Waals surface area contributed by atoms with E-state index in [-0.39, 0.29) is 0 Å². The number of methoxy groups -OCH3 is 1. The second kappa shape index (κ2) is 10.5. The highest BCUT2D eigenvalue weighted by Gasteiger charge is 2.14. The molecule has 4 rings (SSSR count). The van der Waals surface area contributed by atoms with Crippen LogP contribution >= 0.6 is 11.8 Å². The van der Waals surface area contributed by atoms with Crippen molar-refractivity contribution in [2.24, 2.45) is 5.73 Å². The Morgan fingerprint density at radius 3 is 2.84 bits per heavy atom. The van der Waals surface area contributed by atoms with Gasteiger partial charge in [0.2, 0.25) is 0 Å². The SMILES string of the molecule is COc1cc2c(Sc3cccc(NC(N)=O)c3)ncnc2cc1OCCN1CCOCC1. The van der Waals surface area contributed by atoms with Crippen molar-refractivity contribution in [1.82, 2.24) is 14.9 Å². The third kappa shape index (κ3) is 5.58. The van der Waals surface area contributed by atoms with Crippen LogP contribution in [0.3, 0.4) is 0 Å². The second-order valence-corrected chi connectivity index (χ2v) is 8.18. The molecular formula is C22H25N5O4S. The Morgan fingerprint density at radius 2 is 2.06 bits per heavy atom. The average Bonchev–Trinajstić information content (AvgIpc) is 2.79. The summed E-state index contributed by atoms with van der Waals surface area (Å²) in [6, 6.07) is 10.6. The molecular weight excluding hydrogens is 430 g/mol. The number of nitrogens with zero attached hydrogens (tertiary/aromatic N) is 3. The fourth-order valence-electron chi connectivity index (χ4n) is 3.39. The van der Waals surface area contributed by atoms with Crippen LogP contribution < -0.4 is 20.5 Å². The molecule has 2 aromatic carbocycles. The number of carbonyl (C=O) groups excluding carboxylic acids is 1. The molecule has 0 bridgehead atoms. The molecule has 0 saturated carbocycles. The van der Waals surface area contributed by atoms with Crippen molar-refractivity contribution >= 4 is 34.4 Å². The van der Waals surface area contributed by atoms with Gasteiger partial charge in [0.25, 0.3) is 0 Å². The van der Waals surface area contributed by atoms with E-state index in [1.807, 2.05) is 30.3 Å². The largest absolute Gasteiger partial charge is 0.493 e. The molecule has 1 aliphatic heterocycles. The van der Waals surface area contributed by atoms with Gasteiger partial charge in [0.05, 0.1) is 25.8 Å². The Morgan fingerprint density at radius 1 is 1.22 bits per heavy atom. The van der Waals surface area contributed by atoms with Crippen LogP contribution in [0, 0.1) is 0 Å². The molecule has 1 fully saturated rings. The van der Waals surface area contributed by atoms with E-state index >= 15 is 0 Å². The Kier molecular flexibility index (Phi) is 7.25. The van der Waals surface area contributed by atoms with Gasteiger partial charge < -0.3 is 25.3 Å². The number of primary amides is 1. The first-order valence-corrected chi connectivity index (χ1v) is 11.0. The van der Waals surface area contributed by atoms with E-state index in [9.17, 15) is 4.79 Å². The number of fused-ring (bicyclic) bond motifs is 1. The van der Waals surface area contributed by atoms with Crippen molar-refractivity contribution in [1.29, 1.82) is 0 Å². The Hall–Kier alpha value is -3.08. The molecule has 1 aromatic heterocycles. The van der Waals surface area contributed by atoms with E-state index in [1.54, 1.807) is 13.2 Å². The summed E-state index contributed by atoms with van der Waals surface area (Å²) in [7, 11) is 1.62. The van der Waals surface area contributed by atoms with E-state index < -0.39 is 6.03 Å². The topological polar surface area (TPSA) is 112 Å². The van der Waals surface area contributed by atoms with Gasteiger partial charge in [0, 0.05) is 41.7 Å². The van der Waals surface area contributed by atoms with Crippen LogP contribution in [0.15, 0.2) is 52.6 Å². The number of aromatic nitrogens is 2. The minimum atomic E-state index is -0.606. The smallest absolute Gasteiger partial charge is 0.316 e. The van der Waals surface area contributed by atoms with Gasteiger partial charge in [-0.25, -0.2) is 14.8 Å². The minimum absolute atomic E-state index is 0.550. The lowest BCUT2D eigenvalue weighted by Gasteiger charge is -2.26.